The fraction of sp³-hybridized carbons (Fsp3) is 1.00. The SMILES string of the molecule is CCCP(CCC)(CCC)(CCC)OB(OP(CCC)(CCC)(CCC)CCC)OP(CCC)(CCC)(CCC)CCC. The van der Waals surface area contributed by atoms with E-state index in [2.05, 4.69) is 83.1 Å². The Morgan fingerprint density at radius 3 is 0.465 bits per heavy atom. The molecule has 0 heterocycles. The molecule has 0 atom stereocenters. The standard InChI is InChI=1S/C36H84BO3P3/c1-13-25-41(26-14-2,27-15-3,28-16-4)38-37(39-42(29-17-5,30-18-6,31-19-7)32-20-8)40-43(33-21-9,34-22-10,35-23-11)36-24-12/h13-36H2,1-12H3. The molecule has 0 aromatic rings. The van der Waals surface area contributed by atoms with Gasteiger partial charge in [-0.1, -0.05) is 0 Å². The summed E-state index contributed by atoms with van der Waals surface area (Å²) >= 11 is 0. The summed E-state index contributed by atoms with van der Waals surface area (Å²) in [5.41, 5.74) is 0. The summed E-state index contributed by atoms with van der Waals surface area (Å²) in [6.45, 7) is 21.0. The first-order valence-electron chi connectivity index (χ1n) is 19.5. The monoisotopic (exact) mass is 669 g/mol. The van der Waals surface area contributed by atoms with Crippen molar-refractivity contribution < 1.29 is 13.3 Å². The predicted molar refractivity (Wildman–Crippen MR) is 212 cm³/mol. The summed E-state index contributed by atoms with van der Waals surface area (Å²) < 4.78 is 24.2. The molecule has 0 bridgehead atoms. The van der Waals surface area contributed by atoms with E-state index in [9.17, 15) is 0 Å². The molecule has 0 spiro atoms. The first kappa shape index (κ1) is 44.2. The molecule has 0 radical (unpaired) electrons. The Morgan fingerprint density at radius 2 is 0.372 bits per heavy atom. The molecule has 0 aliphatic heterocycles. The first-order valence-corrected chi connectivity index (χ1v) is 28.2. The van der Waals surface area contributed by atoms with E-state index in [1.807, 2.05) is 0 Å². The van der Waals surface area contributed by atoms with Crippen LogP contribution in [0.25, 0.3) is 0 Å². The zero-order valence-corrected chi connectivity index (χ0v) is 34.8. The van der Waals surface area contributed by atoms with Crippen LogP contribution in [0.3, 0.4) is 0 Å². The van der Waals surface area contributed by atoms with Crippen LogP contribution in [0.4, 0.5) is 0 Å². The Labute approximate surface area is 274 Å². The Balaban J connectivity index is 7.88. The summed E-state index contributed by atoms with van der Waals surface area (Å²) in [5, 5.41) is 0. The zero-order valence-electron chi connectivity index (χ0n) is 32.1. The molecular weight excluding hydrogens is 584 g/mol. The molecule has 0 aromatic heterocycles. The third kappa shape index (κ3) is 11.7. The van der Waals surface area contributed by atoms with Crippen LogP contribution >= 0.6 is 20.5 Å². The van der Waals surface area contributed by atoms with E-state index in [-0.39, 0.29) is 0 Å². The van der Waals surface area contributed by atoms with Crippen molar-refractivity contribution in [1.29, 1.82) is 0 Å². The molecule has 0 saturated carbocycles. The second kappa shape index (κ2) is 20.6. The van der Waals surface area contributed by atoms with Crippen molar-refractivity contribution in [3.8, 4) is 0 Å². The fourth-order valence-corrected chi connectivity index (χ4v) is 31.0. The van der Waals surface area contributed by atoms with Crippen LogP contribution in [-0.4, -0.2) is 81.3 Å². The molecular formula is C36H84BO3P3. The third-order valence-electron chi connectivity index (χ3n) is 10.6. The quantitative estimate of drug-likeness (QED) is 0.0563. The van der Waals surface area contributed by atoms with Gasteiger partial charge in [0.25, 0.3) is 0 Å². The van der Waals surface area contributed by atoms with Gasteiger partial charge >= 0.3 is 275 Å². The normalized spacial score (nSPS) is 15.8. The Morgan fingerprint density at radius 1 is 0.256 bits per heavy atom. The minimum absolute atomic E-state index is 0.489. The van der Waals surface area contributed by atoms with Gasteiger partial charge in [-0.2, -0.15) is 0 Å². The van der Waals surface area contributed by atoms with Crippen LogP contribution in [0.15, 0.2) is 0 Å². The zero-order chi connectivity index (χ0) is 33.0. The molecule has 0 aromatic carbocycles. The van der Waals surface area contributed by atoms with Crippen LogP contribution in [-0.2, 0) is 13.3 Å². The average molecular weight is 669 g/mol. The van der Waals surface area contributed by atoms with E-state index < -0.39 is 27.8 Å². The van der Waals surface area contributed by atoms with Gasteiger partial charge in [-0.15, -0.1) is 0 Å². The molecule has 0 N–H and O–H groups in total. The Kier molecular flexibility index (Phi) is 21.2. The molecule has 0 unspecified atom stereocenters. The molecule has 264 valence electrons. The van der Waals surface area contributed by atoms with Crippen molar-refractivity contribution in [1.82, 2.24) is 0 Å². The summed E-state index contributed by atoms with van der Waals surface area (Å²) in [6.07, 6.45) is 29.0. The molecule has 0 rings (SSSR count). The van der Waals surface area contributed by atoms with Gasteiger partial charge in [-0.05, 0) is 0 Å². The maximum atomic E-state index is 8.07. The molecule has 0 fully saturated rings. The summed E-state index contributed by atoms with van der Waals surface area (Å²) in [6, 6.07) is 0. The van der Waals surface area contributed by atoms with Crippen molar-refractivity contribution in [3.63, 3.8) is 0 Å². The predicted octanol–water partition coefficient (Wildman–Crippen LogP) is 13.3. The summed E-state index contributed by atoms with van der Waals surface area (Å²) in [5.74, 6) is 0. The number of rotatable bonds is 30. The van der Waals surface area contributed by atoms with E-state index in [0.29, 0.717) is 0 Å². The Bertz CT molecular complexity index is 533. The summed E-state index contributed by atoms with van der Waals surface area (Å²) in [4.78, 5) is 0. The van der Waals surface area contributed by atoms with Crippen molar-refractivity contribution in [2.24, 2.45) is 0 Å². The first-order chi connectivity index (χ1) is 20.5. The molecule has 3 nitrogen and oxygen atoms in total. The van der Waals surface area contributed by atoms with Crippen LogP contribution in [0.2, 0.25) is 0 Å². The molecule has 7 heteroatoms. The van der Waals surface area contributed by atoms with Gasteiger partial charge in [0.05, 0.1) is 0 Å². The van der Waals surface area contributed by atoms with Crippen LogP contribution in [0, 0.1) is 0 Å². The van der Waals surface area contributed by atoms with E-state index in [0.717, 1.165) is 0 Å². The van der Waals surface area contributed by atoms with Gasteiger partial charge in [-0.3, -0.25) is 0 Å². The van der Waals surface area contributed by atoms with Crippen molar-refractivity contribution in [2.45, 2.75) is 160 Å². The number of hydrogen-bond donors (Lipinski definition) is 0. The van der Waals surface area contributed by atoms with E-state index in [4.69, 9.17) is 13.3 Å². The van der Waals surface area contributed by atoms with E-state index in [1.165, 1.54) is 151 Å². The topological polar surface area (TPSA) is 27.7 Å². The van der Waals surface area contributed by atoms with Crippen LogP contribution in [0.5, 0.6) is 0 Å². The van der Waals surface area contributed by atoms with Gasteiger partial charge in [-0.25, -0.2) is 0 Å². The number of hydrogen-bond acceptors (Lipinski definition) is 3. The van der Waals surface area contributed by atoms with Crippen molar-refractivity contribution >= 4 is 27.8 Å². The van der Waals surface area contributed by atoms with Gasteiger partial charge in [0, 0.05) is 0 Å². The molecule has 0 amide bonds. The van der Waals surface area contributed by atoms with Gasteiger partial charge in [0.1, 0.15) is 0 Å². The van der Waals surface area contributed by atoms with E-state index >= 15 is 0 Å². The molecule has 0 aliphatic carbocycles. The van der Waals surface area contributed by atoms with Gasteiger partial charge in [0.15, 0.2) is 0 Å². The average Bonchev–Trinajstić information content (AvgIpc) is 2.90. The molecule has 0 saturated heterocycles. The second-order valence-corrected chi connectivity index (χ2v) is 32.0. The fourth-order valence-electron chi connectivity index (χ4n) is 10.2. The van der Waals surface area contributed by atoms with Crippen molar-refractivity contribution in [2.75, 3.05) is 73.9 Å². The van der Waals surface area contributed by atoms with Crippen LogP contribution in [0.1, 0.15) is 160 Å². The van der Waals surface area contributed by atoms with Crippen molar-refractivity contribution in [3.05, 3.63) is 0 Å². The minimum atomic E-state index is -2.58. The third-order valence-corrected chi connectivity index (χ3v) is 31.9. The second-order valence-electron chi connectivity index (χ2n) is 14.9. The van der Waals surface area contributed by atoms with Gasteiger partial charge < -0.3 is 0 Å². The Hall–Kier alpha value is 1.23. The van der Waals surface area contributed by atoms with E-state index in [1.54, 1.807) is 0 Å². The maximum absolute atomic E-state index is 8.07. The van der Waals surface area contributed by atoms with Crippen LogP contribution < -0.4 is 0 Å². The molecule has 43 heavy (non-hydrogen) atoms. The molecule has 0 aliphatic rings. The summed E-state index contributed by atoms with van der Waals surface area (Å²) in [7, 11) is -0.489. The van der Waals surface area contributed by atoms with Gasteiger partial charge in [0.2, 0.25) is 0 Å².